The lowest BCUT2D eigenvalue weighted by Gasteiger charge is -2.37. The van der Waals surface area contributed by atoms with E-state index in [0.717, 1.165) is 27.9 Å². The van der Waals surface area contributed by atoms with E-state index in [0.29, 0.717) is 5.56 Å². The van der Waals surface area contributed by atoms with Gasteiger partial charge in [-0.25, -0.2) is 0 Å². The van der Waals surface area contributed by atoms with Gasteiger partial charge >= 0.3 is 5.97 Å². The quantitative estimate of drug-likeness (QED) is 0.270. The molecule has 1 saturated carbocycles. The zero-order chi connectivity index (χ0) is 27.8. The molecule has 8 heteroatoms. The summed E-state index contributed by atoms with van der Waals surface area (Å²) in [6.07, 6.45) is 0. The van der Waals surface area contributed by atoms with Gasteiger partial charge in [0.15, 0.2) is 5.78 Å². The average Bonchev–Trinajstić information content (AvgIpc) is 3.45. The van der Waals surface area contributed by atoms with Gasteiger partial charge in [-0.1, -0.05) is 54.1 Å². The van der Waals surface area contributed by atoms with Crippen LogP contribution in [0.4, 0.5) is 11.4 Å². The molecule has 1 fully saturated rings. The van der Waals surface area contributed by atoms with Gasteiger partial charge in [0.1, 0.15) is 0 Å². The molecule has 0 aromatic heterocycles. The van der Waals surface area contributed by atoms with Crippen LogP contribution in [0.5, 0.6) is 0 Å². The smallest absolute Gasteiger partial charge is 0.311 e. The molecule has 6 rings (SSSR count). The number of rotatable bonds is 4. The summed E-state index contributed by atoms with van der Waals surface area (Å²) in [6.45, 7) is 5.73. The number of amides is 1. The molecule has 0 saturated heterocycles. The first-order chi connectivity index (χ1) is 18.6. The number of esters is 1. The molecule has 39 heavy (non-hydrogen) atoms. The highest BCUT2D eigenvalue weighted by atomic mass is 16.6. The van der Waals surface area contributed by atoms with E-state index in [4.69, 9.17) is 4.74 Å². The molecule has 1 aliphatic heterocycles. The number of ether oxygens (including phenoxy) is 1. The van der Waals surface area contributed by atoms with Crippen LogP contribution in [0.25, 0.3) is 0 Å². The van der Waals surface area contributed by atoms with Gasteiger partial charge in [0.05, 0.1) is 28.6 Å². The number of carbonyl (C=O) groups excluding carboxylic acids is 3. The SMILES string of the molecule is CCOC(=O)C1C2c3ccc([N+](=O)[O-])cc3C(=O)C2C(c2ccccc2)C12C(=O)N(C)c1c(C)cc(C)cc12. The second-order valence-electron chi connectivity index (χ2n) is 10.8. The minimum absolute atomic E-state index is 0.115. The summed E-state index contributed by atoms with van der Waals surface area (Å²) in [5.41, 5.74) is 3.32. The lowest BCUT2D eigenvalue weighted by molar-refractivity contribution is -0.384. The molecular formula is C31H28N2O6. The Bertz CT molecular complexity index is 1580. The molecule has 0 bridgehead atoms. The summed E-state index contributed by atoms with van der Waals surface area (Å²) in [7, 11) is 1.72. The van der Waals surface area contributed by atoms with Gasteiger partial charge in [-0.3, -0.25) is 24.5 Å². The van der Waals surface area contributed by atoms with Crippen molar-refractivity contribution in [2.24, 2.45) is 11.8 Å². The van der Waals surface area contributed by atoms with E-state index in [-0.39, 0.29) is 29.5 Å². The first-order valence-corrected chi connectivity index (χ1v) is 13.1. The monoisotopic (exact) mass is 524 g/mol. The van der Waals surface area contributed by atoms with Crippen LogP contribution in [0, 0.1) is 35.8 Å². The van der Waals surface area contributed by atoms with E-state index in [1.54, 1.807) is 24.9 Å². The highest BCUT2D eigenvalue weighted by Crippen LogP contribution is 2.70. The number of non-ortho nitro benzene ring substituents is 1. The number of hydrogen-bond acceptors (Lipinski definition) is 6. The summed E-state index contributed by atoms with van der Waals surface area (Å²) in [5.74, 6) is -4.22. The van der Waals surface area contributed by atoms with Gasteiger partial charge in [0, 0.05) is 42.5 Å². The summed E-state index contributed by atoms with van der Waals surface area (Å²) < 4.78 is 5.65. The van der Waals surface area contributed by atoms with Crippen molar-refractivity contribution in [1.29, 1.82) is 0 Å². The van der Waals surface area contributed by atoms with Gasteiger partial charge in [0.25, 0.3) is 5.69 Å². The van der Waals surface area contributed by atoms with Gasteiger partial charge in [0.2, 0.25) is 5.91 Å². The number of fused-ring (bicyclic) bond motifs is 5. The van der Waals surface area contributed by atoms with Crippen LogP contribution in [0.2, 0.25) is 0 Å². The Hall–Kier alpha value is -4.33. The van der Waals surface area contributed by atoms with Crippen LogP contribution in [-0.2, 0) is 19.7 Å². The number of nitrogens with zero attached hydrogens (tertiary/aromatic N) is 2. The first-order valence-electron chi connectivity index (χ1n) is 13.1. The second kappa shape index (κ2) is 8.59. The van der Waals surface area contributed by atoms with Crippen LogP contribution in [0.3, 0.4) is 0 Å². The molecule has 5 atom stereocenters. The third-order valence-electron chi connectivity index (χ3n) is 8.84. The van der Waals surface area contributed by atoms with Crippen molar-refractivity contribution in [2.75, 3.05) is 18.6 Å². The number of aryl methyl sites for hydroxylation is 2. The third-order valence-corrected chi connectivity index (χ3v) is 8.84. The number of likely N-dealkylation sites (N-methyl/N-ethyl adjacent to an activating group) is 1. The van der Waals surface area contributed by atoms with E-state index in [9.17, 15) is 24.5 Å². The summed E-state index contributed by atoms with van der Waals surface area (Å²) >= 11 is 0. The molecule has 1 amide bonds. The Morgan fingerprint density at radius 2 is 1.77 bits per heavy atom. The topological polar surface area (TPSA) is 107 Å². The van der Waals surface area contributed by atoms with Crippen molar-refractivity contribution in [1.82, 2.24) is 0 Å². The van der Waals surface area contributed by atoms with Crippen molar-refractivity contribution < 1.29 is 24.0 Å². The number of benzene rings is 3. The Balaban J connectivity index is 1.73. The Morgan fingerprint density at radius 1 is 1.05 bits per heavy atom. The van der Waals surface area contributed by atoms with Crippen LogP contribution < -0.4 is 4.90 Å². The number of carbonyl (C=O) groups is 3. The van der Waals surface area contributed by atoms with E-state index in [1.807, 2.05) is 56.3 Å². The Labute approximate surface area is 225 Å². The zero-order valence-corrected chi connectivity index (χ0v) is 22.1. The maximum absolute atomic E-state index is 14.7. The van der Waals surface area contributed by atoms with Crippen molar-refractivity contribution in [3.63, 3.8) is 0 Å². The summed E-state index contributed by atoms with van der Waals surface area (Å²) in [4.78, 5) is 55.6. The lowest BCUT2D eigenvalue weighted by atomic mass is 9.63. The van der Waals surface area contributed by atoms with Crippen molar-refractivity contribution in [3.8, 4) is 0 Å². The number of anilines is 1. The van der Waals surface area contributed by atoms with E-state index in [1.165, 1.54) is 12.1 Å². The van der Waals surface area contributed by atoms with E-state index >= 15 is 0 Å². The normalized spacial score (nSPS) is 26.5. The maximum atomic E-state index is 14.7. The van der Waals surface area contributed by atoms with Crippen LogP contribution >= 0.6 is 0 Å². The molecule has 5 unspecified atom stereocenters. The molecule has 3 aliphatic rings. The molecule has 1 spiro atoms. The molecule has 0 radical (unpaired) electrons. The highest BCUT2D eigenvalue weighted by molar-refractivity contribution is 6.15. The number of Topliss-reactive ketones (excluding diaryl/α,β-unsaturated/α-hetero) is 1. The predicted molar refractivity (Wildman–Crippen MR) is 144 cm³/mol. The van der Waals surface area contributed by atoms with Crippen molar-refractivity contribution in [3.05, 3.63) is 104 Å². The molecular weight excluding hydrogens is 496 g/mol. The van der Waals surface area contributed by atoms with Crippen molar-refractivity contribution in [2.45, 2.75) is 38.0 Å². The number of hydrogen-bond donors (Lipinski definition) is 0. The maximum Gasteiger partial charge on any atom is 0.311 e. The second-order valence-corrected chi connectivity index (χ2v) is 10.8. The van der Waals surface area contributed by atoms with Crippen molar-refractivity contribution >= 4 is 29.0 Å². The number of nitro groups is 1. The van der Waals surface area contributed by atoms with Crippen LogP contribution in [0.1, 0.15) is 56.9 Å². The fourth-order valence-corrected chi connectivity index (χ4v) is 7.71. The fourth-order valence-electron chi connectivity index (χ4n) is 7.71. The number of nitro benzene ring substituents is 1. The Morgan fingerprint density at radius 3 is 2.44 bits per heavy atom. The fraction of sp³-hybridized carbons (Fsp3) is 0.323. The molecule has 8 nitrogen and oxygen atoms in total. The minimum atomic E-state index is -1.39. The van der Waals surface area contributed by atoms with Crippen LogP contribution in [-0.4, -0.2) is 36.2 Å². The molecule has 0 N–H and O–H groups in total. The highest BCUT2D eigenvalue weighted by Gasteiger charge is 2.74. The standard InChI is InChI=1S/C31H28N2O6/c1-5-39-29(35)26-23-20-12-11-19(33(37)38)15-21(20)28(34)24(23)25(18-9-7-6-8-10-18)31(26)22-14-16(2)13-17(3)27(22)32(4)30(31)36/h6-15,23-26H,5H2,1-4H3. The third kappa shape index (κ3) is 3.14. The van der Waals surface area contributed by atoms with E-state index in [2.05, 4.69) is 0 Å². The number of ketones is 1. The predicted octanol–water partition coefficient (Wildman–Crippen LogP) is 5.00. The van der Waals surface area contributed by atoms with Gasteiger partial charge < -0.3 is 9.64 Å². The zero-order valence-electron chi connectivity index (χ0n) is 22.1. The largest absolute Gasteiger partial charge is 0.466 e. The molecule has 198 valence electrons. The van der Waals surface area contributed by atoms with E-state index < -0.39 is 40.0 Å². The molecule has 1 heterocycles. The van der Waals surface area contributed by atoms with Gasteiger partial charge in [-0.05, 0) is 43.0 Å². The summed E-state index contributed by atoms with van der Waals surface area (Å²) in [5, 5.41) is 11.6. The lowest BCUT2D eigenvalue weighted by Crippen LogP contribution is -2.49. The van der Waals surface area contributed by atoms with Gasteiger partial charge in [-0.2, -0.15) is 0 Å². The summed E-state index contributed by atoms with van der Waals surface area (Å²) in [6, 6.07) is 17.6. The average molecular weight is 525 g/mol. The molecule has 3 aromatic carbocycles. The first kappa shape index (κ1) is 25.0. The molecule has 2 aliphatic carbocycles. The minimum Gasteiger partial charge on any atom is -0.466 e. The van der Waals surface area contributed by atoms with Gasteiger partial charge in [-0.15, -0.1) is 0 Å². The Kier molecular flexibility index (Phi) is 5.50. The molecule has 3 aromatic rings. The van der Waals surface area contributed by atoms with Crippen LogP contribution in [0.15, 0.2) is 60.7 Å².